The van der Waals surface area contributed by atoms with Gasteiger partial charge in [0.1, 0.15) is 17.1 Å². The fourth-order valence-corrected chi connectivity index (χ4v) is 9.00. The summed E-state index contributed by atoms with van der Waals surface area (Å²) in [7, 11) is -8.38. The second-order valence-electron chi connectivity index (χ2n) is 9.65. The number of rotatable bonds is 8. The van der Waals surface area contributed by atoms with E-state index in [1.54, 1.807) is 24.3 Å². The van der Waals surface area contributed by atoms with Crippen molar-refractivity contribution in [2.45, 2.75) is 48.4 Å². The SMILES string of the molecule is Cc1nc(C)c(S(=O)(=O)N(OC(=O)C(F)(F)F)[C@@H](Cc2ccc(C3CC(=O)NS3(O)O)cc2)c2nc3ccccc3[nH]2)s1. The normalized spacial score (nSPS) is 18.5. The monoisotopic (exact) mass is 659 g/mol. The molecule has 0 bridgehead atoms. The zero-order valence-electron chi connectivity index (χ0n) is 22.3. The van der Waals surface area contributed by atoms with Gasteiger partial charge in [0.05, 0.1) is 28.2 Å². The molecular weight excluding hydrogens is 635 g/mol. The molecule has 230 valence electrons. The molecule has 4 aromatic rings. The van der Waals surface area contributed by atoms with Crippen LogP contribution in [0.25, 0.3) is 11.0 Å². The van der Waals surface area contributed by atoms with Crippen molar-refractivity contribution in [1.82, 2.24) is 24.1 Å². The summed E-state index contributed by atoms with van der Waals surface area (Å²) in [5.74, 6) is -3.41. The quantitative estimate of drug-likeness (QED) is 0.193. The number of halogens is 3. The number of aromatic nitrogens is 3. The standard InChI is InChI=1S/C25H24F3N5O7S3/c1-13-23(41-14(2)29-13)43(38,39)33(40-24(35)25(26,27)28)19(22-30-17-5-3-4-6-18(17)31-22)11-15-7-9-16(10-8-15)20-12-21(34)32-42(20,36)37/h3-10,19-20,36-37H,11-12H2,1-2H3,(H,30,31)(H,32,34)/t19-,20?/m0/s1. The number of nitrogens with one attached hydrogen (secondary N) is 2. The van der Waals surface area contributed by atoms with E-state index >= 15 is 0 Å². The Kier molecular flexibility index (Phi) is 8.03. The lowest BCUT2D eigenvalue weighted by atomic mass is 10.0. The minimum absolute atomic E-state index is 0.00183. The first kappa shape index (κ1) is 30.9. The van der Waals surface area contributed by atoms with Crippen molar-refractivity contribution in [2.75, 3.05) is 0 Å². The van der Waals surface area contributed by atoms with Gasteiger partial charge in [-0.3, -0.25) is 18.6 Å². The van der Waals surface area contributed by atoms with Gasteiger partial charge in [0.15, 0.2) is 4.21 Å². The third kappa shape index (κ3) is 6.24. The maximum Gasteiger partial charge on any atom is 0.492 e. The van der Waals surface area contributed by atoms with Crippen LogP contribution in [0.15, 0.2) is 52.7 Å². The number of benzene rings is 2. The van der Waals surface area contributed by atoms with Gasteiger partial charge in [0.2, 0.25) is 5.91 Å². The highest BCUT2D eigenvalue weighted by atomic mass is 32.3. The first-order chi connectivity index (χ1) is 20.1. The predicted octanol–water partition coefficient (Wildman–Crippen LogP) is 4.86. The summed E-state index contributed by atoms with van der Waals surface area (Å²) in [4.78, 5) is 39.8. The minimum Gasteiger partial charge on any atom is -0.344 e. The molecule has 1 fully saturated rings. The van der Waals surface area contributed by atoms with Gasteiger partial charge in [0.25, 0.3) is 10.0 Å². The lowest BCUT2D eigenvalue weighted by Gasteiger charge is -2.33. The van der Waals surface area contributed by atoms with Gasteiger partial charge in [-0.05, 0) is 48.0 Å². The van der Waals surface area contributed by atoms with Gasteiger partial charge in [0, 0.05) is 0 Å². The Labute approximate surface area is 248 Å². The van der Waals surface area contributed by atoms with Gasteiger partial charge < -0.3 is 9.82 Å². The van der Waals surface area contributed by atoms with Crippen LogP contribution in [0.1, 0.15) is 45.4 Å². The molecule has 0 spiro atoms. The number of H-pyrrole nitrogens is 1. The van der Waals surface area contributed by atoms with Crippen LogP contribution in [0.4, 0.5) is 13.2 Å². The van der Waals surface area contributed by atoms with Crippen LogP contribution >= 0.6 is 22.1 Å². The van der Waals surface area contributed by atoms with Gasteiger partial charge in [-0.25, -0.2) is 23.2 Å². The molecule has 43 heavy (non-hydrogen) atoms. The first-order valence-electron chi connectivity index (χ1n) is 12.4. The highest BCUT2D eigenvalue weighted by Crippen LogP contribution is 2.56. The minimum atomic E-state index is -5.53. The van der Waals surface area contributed by atoms with Crippen molar-refractivity contribution in [2.24, 2.45) is 0 Å². The largest absolute Gasteiger partial charge is 0.492 e. The Morgan fingerprint density at radius 1 is 1.16 bits per heavy atom. The molecule has 2 aromatic carbocycles. The zero-order chi connectivity index (χ0) is 31.3. The number of aryl methyl sites for hydroxylation is 2. The van der Waals surface area contributed by atoms with E-state index in [0.29, 0.717) is 38.5 Å². The molecule has 0 radical (unpaired) electrons. The number of alkyl halides is 3. The molecule has 1 amide bonds. The third-order valence-electron chi connectivity index (χ3n) is 6.53. The van der Waals surface area contributed by atoms with Crippen LogP contribution in [0.3, 0.4) is 0 Å². The van der Waals surface area contributed by atoms with Crippen molar-refractivity contribution < 1.29 is 45.1 Å². The molecule has 0 saturated carbocycles. The Bertz CT molecular complexity index is 1770. The summed E-state index contributed by atoms with van der Waals surface area (Å²) >= 11 is 0.702. The summed E-state index contributed by atoms with van der Waals surface area (Å²) in [6.07, 6.45) is -6.03. The molecule has 0 aliphatic carbocycles. The number of carbonyl (C=O) groups excluding carboxylic acids is 2. The average molecular weight is 660 g/mol. The number of para-hydroxylation sites is 2. The second kappa shape index (κ2) is 11.2. The van der Waals surface area contributed by atoms with Crippen LogP contribution in [0, 0.1) is 13.8 Å². The van der Waals surface area contributed by atoms with E-state index in [9.17, 15) is 40.3 Å². The smallest absolute Gasteiger partial charge is 0.344 e. The van der Waals surface area contributed by atoms with E-state index in [1.807, 2.05) is 0 Å². The lowest BCUT2D eigenvalue weighted by Crippen LogP contribution is -2.42. The van der Waals surface area contributed by atoms with E-state index in [4.69, 9.17) is 0 Å². The molecule has 2 aromatic heterocycles. The van der Waals surface area contributed by atoms with Crippen molar-refractivity contribution >= 4 is 55.0 Å². The van der Waals surface area contributed by atoms with Crippen LogP contribution in [-0.2, 0) is 30.9 Å². The highest BCUT2D eigenvalue weighted by Gasteiger charge is 2.48. The molecular formula is C25H24F3N5O7S3. The fourth-order valence-electron chi connectivity index (χ4n) is 4.61. The van der Waals surface area contributed by atoms with Gasteiger partial charge in [-0.1, -0.05) is 36.4 Å². The average Bonchev–Trinajstić information content (AvgIpc) is 3.58. The van der Waals surface area contributed by atoms with Gasteiger partial charge >= 0.3 is 12.1 Å². The Morgan fingerprint density at radius 3 is 2.40 bits per heavy atom. The van der Waals surface area contributed by atoms with E-state index in [-0.39, 0.29) is 28.8 Å². The topological polar surface area (TPSA) is 175 Å². The van der Waals surface area contributed by atoms with Crippen LogP contribution in [0.5, 0.6) is 0 Å². The van der Waals surface area contributed by atoms with E-state index in [0.717, 1.165) is 0 Å². The highest BCUT2D eigenvalue weighted by molar-refractivity contribution is 8.23. The number of sulfonamides is 1. The van der Waals surface area contributed by atoms with Crippen molar-refractivity contribution in [1.29, 1.82) is 0 Å². The van der Waals surface area contributed by atoms with E-state index in [1.165, 1.54) is 38.1 Å². The Hall–Kier alpha value is -3.55. The summed E-state index contributed by atoms with van der Waals surface area (Å²) in [6, 6.07) is 10.9. The molecule has 5 rings (SSSR count). The number of fused-ring (bicyclic) bond motifs is 1. The predicted molar refractivity (Wildman–Crippen MR) is 150 cm³/mol. The molecule has 2 atom stereocenters. The first-order valence-corrected chi connectivity index (χ1v) is 16.3. The molecule has 1 aliphatic heterocycles. The van der Waals surface area contributed by atoms with Crippen LogP contribution in [0.2, 0.25) is 0 Å². The Balaban J connectivity index is 1.61. The number of nitrogens with zero attached hydrogens (tertiary/aromatic N) is 3. The van der Waals surface area contributed by atoms with Gasteiger partial charge in [-0.2, -0.15) is 13.2 Å². The number of imidazole rings is 1. The Morgan fingerprint density at radius 2 is 1.84 bits per heavy atom. The number of hydrogen-bond donors (Lipinski definition) is 4. The molecule has 3 heterocycles. The van der Waals surface area contributed by atoms with Crippen LogP contribution < -0.4 is 4.72 Å². The molecule has 4 N–H and O–H groups in total. The summed E-state index contributed by atoms with van der Waals surface area (Å²) in [5.41, 5.74) is 1.59. The van der Waals surface area contributed by atoms with Gasteiger partial charge in [-0.15, -0.1) is 22.1 Å². The number of amides is 1. The number of hydrogen-bond acceptors (Lipinski definition) is 10. The summed E-state index contributed by atoms with van der Waals surface area (Å²) in [6.45, 7) is 2.88. The number of hydroxylamine groups is 1. The number of carbonyl (C=O) groups is 2. The molecule has 1 saturated heterocycles. The summed E-state index contributed by atoms with van der Waals surface area (Å²) < 4.78 is 90.3. The maximum atomic E-state index is 13.9. The maximum absolute atomic E-state index is 13.9. The summed E-state index contributed by atoms with van der Waals surface area (Å²) in [5, 5.41) is -0.609. The number of aromatic amines is 1. The fraction of sp³-hybridized carbons (Fsp3) is 0.280. The van der Waals surface area contributed by atoms with E-state index < -0.39 is 54.4 Å². The number of thiazole rings is 1. The second-order valence-corrected chi connectivity index (χ2v) is 14.8. The molecule has 18 heteroatoms. The lowest BCUT2D eigenvalue weighted by molar-refractivity contribution is -0.227. The molecule has 1 aliphatic rings. The van der Waals surface area contributed by atoms with Crippen molar-refractivity contribution in [3.63, 3.8) is 0 Å². The third-order valence-corrected chi connectivity index (χ3v) is 11.6. The van der Waals surface area contributed by atoms with E-state index in [2.05, 4.69) is 24.5 Å². The zero-order valence-corrected chi connectivity index (χ0v) is 24.8. The molecule has 12 nitrogen and oxygen atoms in total. The van der Waals surface area contributed by atoms with Crippen LogP contribution in [-0.4, -0.2) is 55.0 Å². The molecule has 1 unspecified atom stereocenters. The van der Waals surface area contributed by atoms with Crippen molar-refractivity contribution in [3.05, 3.63) is 76.2 Å². The van der Waals surface area contributed by atoms with Crippen molar-refractivity contribution in [3.8, 4) is 0 Å².